The molecular formula is C32H46N6O5Si. The lowest BCUT2D eigenvalue weighted by Gasteiger charge is -2.37. The Kier molecular flexibility index (Phi) is 9.55. The van der Waals surface area contributed by atoms with Gasteiger partial charge >= 0.3 is 6.09 Å². The Morgan fingerprint density at radius 3 is 2.48 bits per heavy atom. The number of rotatable bonds is 8. The summed E-state index contributed by atoms with van der Waals surface area (Å²) >= 11 is 0. The van der Waals surface area contributed by atoms with Crippen molar-refractivity contribution in [3.8, 4) is 17.3 Å². The van der Waals surface area contributed by atoms with Crippen molar-refractivity contribution in [1.82, 2.24) is 24.6 Å². The molecule has 2 amide bonds. The van der Waals surface area contributed by atoms with Gasteiger partial charge in [0.1, 0.15) is 29.2 Å². The lowest BCUT2D eigenvalue weighted by Crippen LogP contribution is -2.42. The van der Waals surface area contributed by atoms with Crippen LogP contribution < -0.4 is 10.1 Å². The smallest absolute Gasteiger partial charge is 0.410 e. The summed E-state index contributed by atoms with van der Waals surface area (Å²) in [7, 11) is -0.388. The Bertz CT molecular complexity index is 1510. The van der Waals surface area contributed by atoms with Crippen LogP contribution in [-0.4, -0.2) is 70.8 Å². The second-order valence-corrected chi connectivity index (χ2v) is 18.6. The number of nitrogens with one attached hydrogen (secondary N) is 1. The molecule has 0 unspecified atom stereocenters. The molecule has 0 aliphatic carbocycles. The van der Waals surface area contributed by atoms with Crippen LogP contribution in [0.1, 0.15) is 76.0 Å². The largest absolute Gasteiger partial charge is 0.496 e. The molecule has 1 aliphatic heterocycles. The molecule has 3 aromatic rings. The Morgan fingerprint density at radius 1 is 1.09 bits per heavy atom. The first kappa shape index (κ1) is 33.1. The Morgan fingerprint density at radius 2 is 1.82 bits per heavy atom. The van der Waals surface area contributed by atoms with Crippen LogP contribution in [0.3, 0.4) is 0 Å². The van der Waals surface area contributed by atoms with Crippen molar-refractivity contribution in [2.45, 2.75) is 91.2 Å². The van der Waals surface area contributed by atoms with Crippen molar-refractivity contribution in [2.75, 3.05) is 25.6 Å². The van der Waals surface area contributed by atoms with Gasteiger partial charge in [0.05, 0.1) is 25.3 Å². The molecule has 4 rings (SSSR count). The summed E-state index contributed by atoms with van der Waals surface area (Å²) in [5.74, 6) is 1.03. The van der Waals surface area contributed by atoms with E-state index in [1.165, 1.54) is 7.11 Å². The molecule has 44 heavy (non-hydrogen) atoms. The van der Waals surface area contributed by atoms with Gasteiger partial charge in [-0.2, -0.15) is 0 Å². The van der Waals surface area contributed by atoms with Gasteiger partial charge in [-0.25, -0.2) is 9.78 Å². The number of benzene rings is 1. The van der Waals surface area contributed by atoms with Crippen molar-refractivity contribution in [3.63, 3.8) is 0 Å². The van der Waals surface area contributed by atoms with Gasteiger partial charge in [-0.05, 0) is 87.6 Å². The first-order valence-electron chi connectivity index (χ1n) is 15.0. The highest BCUT2D eigenvalue weighted by Crippen LogP contribution is 2.37. The zero-order valence-electron chi connectivity index (χ0n) is 27.6. The lowest BCUT2D eigenvalue weighted by atomic mass is 9.96. The minimum Gasteiger partial charge on any atom is -0.496 e. The Balaban J connectivity index is 1.52. The number of aromatic nitrogens is 4. The van der Waals surface area contributed by atoms with Crippen molar-refractivity contribution in [3.05, 3.63) is 53.3 Å². The van der Waals surface area contributed by atoms with Gasteiger partial charge in [0.15, 0.2) is 14.1 Å². The van der Waals surface area contributed by atoms with Gasteiger partial charge in [-0.15, -0.1) is 10.2 Å². The molecule has 1 N–H and O–H groups in total. The Labute approximate surface area is 261 Å². The molecule has 12 heteroatoms. The molecule has 11 nitrogen and oxygen atoms in total. The molecule has 0 spiro atoms. The minimum atomic E-state index is -1.93. The minimum absolute atomic E-state index is 0.0193. The molecular weight excluding hydrogens is 576 g/mol. The fraction of sp³-hybridized carbons (Fsp3) is 0.531. The van der Waals surface area contributed by atoms with E-state index in [9.17, 15) is 9.59 Å². The van der Waals surface area contributed by atoms with E-state index in [0.29, 0.717) is 54.8 Å². The maximum absolute atomic E-state index is 13.5. The van der Waals surface area contributed by atoms with E-state index >= 15 is 0 Å². The summed E-state index contributed by atoms with van der Waals surface area (Å²) in [6.07, 6.45) is 1.94. The highest BCUT2D eigenvalue weighted by atomic mass is 28.4. The van der Waals surface area contributed by atoms with E-state index in [-0.39, 0.29) is 23.1 Å². The summed E-state index contributed by atoms with van der Waals surface area (Å²) < 4.78 is 19.5. The molecule has 0 saturated heterocycles. The maximum atomic E-state index is 13.5. The average molecular weight is 623 g/mol. The van der Waals surface area contributed by atoms with E-state index < -0.39 is 13.9 Å². The lowest BCUT2D eigenvalue weighted by molar-refractivity contribution is 0.0224. The summed E-state index contributed by atoms with van der Waals surface area (Å²) in [4.78, 5) is 32.6. The number of anilines is 1. The number of carbonyl (C=O) groups is 2. The van der Waals surface area contributed by atoms with Gasteiger partial charge < -0.3 is 28.7 Å². The number of fused-ring (bicyclic) bond motifs is 1. The molecule has 1 aromatic carbocycles. The predicted octanol–water partition coefficient (Wildman–Crippen LogP) is 6.48. The van der Waals surface area contributed by atoms with Crippen LogP contribution in [0, 0.1) is 0 Å². The molecule has 0 radical (unpaired) electrons. The highest BCUT2D eigenvalue weighted by molar-refractivity contribution is 6.74. The molecule has 1 aliphatic rings. The van der Waals surface area contributed by atoms with Crippen LogP contribution in [0.4, 0.5) is 10.6 Å². The van der Waals surface area contributed by atoms with Crippen molar-refractivity contribution < 1.29 is 23.5 Å². The first-order valence-corrected chi connectivity index (χ1v) is 17.9. The monoisotopic (exact) mass is 622 g/mol. The van der Waals surface area contributed by atoms with Crippen molar-refractivity contribution in [1.29, 1.82) is 0 Å². The number of amides is 2. The third-order valence-corrected chi connectivity index (χ3v) is 12.7. The summed E-state index contributed by atoms with van der Waals surface area (Å²) in [5, 5.41) is 11.5. The number of hydrogen-bond acceptors (Lipinski definition) is 8. The number of hydrogen-bond donors (Lipinski definition) is 1. The normalized spacial score (nSPS) is 14.5. The van der Waals surface area contributed by atoms with Gasteiger partial charge in [0, 0.05) is 13.1 Å². The zero-order valence-corrected chi connectivity index (χ0v) is 28.6. The van der Waals surface area contributed by atoms with E-state index in [2.05, 4.69) is 61.3 Å². The standard InChI is InChI=1S/C32H46N6O5Si/c1-21(19-42-44(9,10)32(5,6)7)38-20-33-36-28(38)25-12-11-13-27(34-25)35-29(39)24-16-23-18-37(30(40)43-31(2,3)4)15-14-22(23)17-26(24)41-8/h11-13,16-17,20-21H,14-15,18-19H2,1-10H3,(H,34,35,39)/t21-/m1/s1. The second-order valence-electron chi connectivity index (χ2n) is 13.8. The molecule has 0 fully saturated rings. The van der Waals surface area contributed by atoms with Crippen molar-refractivity contribution >= 4 is 26.1 Å². The van der Waals surface area contributed by atoms with Crippen LogP contribution in [0.2, 0.25) is 18.1 Å². The number of nitrogens with zero attached hydrogens (tertiary/aromatic N) is 5. The average Bonchev–Trinajstić information content (AvgIpc) is 3.44. The third kappa shape index (κ3) is 7.65. The molecule has 238 valence electrons. The van der Waals surface area contributed by atoms with Gasteiger partial charge in [0.2, 0.25) is 0 Å². The van der Waals surface area contributed by atoms with Crippen LogP contribution in [0.15, 0.2) is 36.7 Å². The van der Waals surface area contributed by atoms with E-state index in [4.69, 9.17) is 13.9 Å². The molecule has 2 aromatic heterocycles. The van der Waals surface area contributed by atoms with Gasteiger partial charge in [-0.1, -0.05) is 26.8 Å². The van der Waals surface area contributed by atoms with E-state index in [1.807, 2.05) is 43.5 Å². The summed E-state index contributed by atoms with van der Waals surface area (Å²) in [6.45, 7) is 20.1. The van der Waals surface area contributed by atoms with Crippen LogP contribution in [0.25, 0.3) is 11.5 Å². The predicted molar refractivity (Wildman–Crippen MR) is 172 cm³/mol. The summed E-state index contributed by atoms with van der Waals surface area (Å²) in [5.41, 5.74) is 2.24. The van der Waals surface area contributed by atoms with Crippen LogP contribution >= 0.6 is 0 Å². The number of pyridine rings is 1. The fourth-order valence-electron chi connectivity index (χ4n) is 4.60. The number of ether oxygens (including phenoxy) is 2. The van der Waals surface area contributed by atoms with E-state index in [1.54, 1.807) is 23.4 Å². The summed E-state index contributed by atoms with van der Waals surface area (Å²) in [6, 6.07) is 9.01. The molecule has 0 bridgehead atoms. The van der Waals surface area contributed by atoms with Gasteiger partial charge in [-0.3, -0.25) is 4.79 Å². The van der Waals surface area contributed by atoms with Crippen LogP contribution in [0.5, 0.6) is 5.75 Å². The molecule has 1 atom stereocenters. The topological polar surface area (TPSA) is 121 Å². The molecule has 0 saturated carbocycles. The Hall–Kier alpha value is -3.77. The number of carbonyl (C=O) groups excluding carboxylic acids is 2. The first-order chi connectivity index (χ1) is 20.5. The van der Waals surface area contributed by atoms with E-state index in [0.717, 1.165) is 11.1 Å². The second kappa shape index (κ2) is 12.7. The van der Waals surface area contributed by atoms with Crippen molar-refractivity contribution in [2.24, 2.45) is 0 Å². The van der Waals surface area contributed by atoms with Gasteiger partial charge in [0.25, 0.3) is 5.91 Å². The van der Waals surface area contributed by atoms with Crippen LogP contribution in [-0.2, 0) is 22.1 Å². The fourth-order valence-corrected chi connectivity index (χ4v) is 5.69. The maximum Gasteiger partial charge on any atom is 0.410 e. The molecule has 3 heterocycles. The zero-order chi connectivity index (χ0) is 32.4. The highest BCUT2D eigenvalue weighted by Gasteiger charge is 2.37. The quantitative estimate of drug-likeness (QED) is 0.284. The SMILES string of the molecule is COc1cc2c(cc1C(=O)Nc1cccc(-c3nncn3[C@H](C)CO[Si](C)(C)C(C)(C)C)n1)CN(C(=O)OC(C)(C)C)CC2. The number of methoxy groups -OCH3 is 1. The third-order valence-electron chi connectivity index (χ3n) is 8.19.